The van der Waals surface area contributed by atoms with Crippen LogP contribution in [-0.2, 0) is 6.54 Å². The molecule has 0 aromatic heterocycles. The Balaban J connectivity index is 1.53. The highest BCUT2D eigenvalue weighted by Gasteiger charge is 2.22. The van der Waals surface area contributed by atoms with E-state index in [9.17, 15) is 13.6 Å². The molecule has 0 spiro atoms. The molecule has 0 atom stereocenters. The topological polar surface area (TPSA) is 41.6 Å². The van der Waals surface area contributed by atoms with Crippen molar-refractivity contribution in [2.24, 2.45) is 0 Å². The van der Waals surface area contributed by atoms with Crippen LogP contribution in [0.15, 0.2) is 42.5 Å². The van der Waals surface area contributed by atoms with Crippen molar-refractivity contribution in [1.82, 2.24) is 10.2 Å². The van der Waals surface area contributed by atoms with Gasteiger partial charge in [-0.05, 0) is 31.0 Å². The zero-order chi connectivity index (χ0) is 18.5. The summed E-state index contributed by atoms with van der Waals surface area (Å²) in [7, 11) is 1.66. The minimum absolute atomic E-state index is 0.00254. The summed E-state index contributed by atoms with van der Waals surface area (Å²) in [5, 5.41) is 2.87. The Morgan fingerprint density at radius 3 is 2.46 bits per heavy atom. The summed E-state index contributed by atoms with van der Waals surface area (Å²) in [6.07, 6.45) is 1.58. The Kier molecular flexibility index (Phi) is 5.83. The molecule has 0 saturated carbocycles. The van der Waals surface area contributed by atoms with Gasteiger partial charge in [0.1, 0.15) is 17.4 Å². The molecular formula is C20H22F2N2O2. The Bertz CT molecular complexity index is 754. The largest absolute Gasteiger partial charge is 0.496 e. The maximum atomic E-state index is 13.3. The molecule has 1 N–H and O–H groups in total. The SMILES string of the molecule is COc1ccccc1CN1CCC(NC(=O)c2cc(F)cc(F)c2)CC1. The molecule has 2 aromatic rings. The lowest BCUT2D eigenvalue weighted by molar-refractivity contribution is 0.0908. The molecule has 0 bridgehead atoms. The molecule has 0 aliphatic carbocycles. The van der Waals surface area contributed by atoms with Gasteiger partial charge in [-0.1, -0.05) is 18.2 Å². The Labute approximate surface area is 151 Å². The number of nitrogens with zero attached hydrogens (tertiary/aromatic N) is 1. The van der Waals surface area contributed by atoms with Crippen LogP contribution in [0.1, 0.15) is 28.8 Å². The Morgan fingerprint density at radius 2 is 1.81 bits per heavy atom. The van der Waals surface area contributed by atoms with Gasteiger partial charge in [0, 0.05) is 42.9 Å². The number of hydrogen-bond acceptors (Lipinski definition) is 3. The van der Waals surface area contributed by atoms with Crippen molar-refractivity contribution >= 4 is 5.91 Å². The van der Waals surface area contributed by atoms with Gasteiger partial charge in [-0.2, -0.15) is 0 Å². The predicted octanol–water partition coefficient (Wildman–Crippen LogP) is 3.37. The van der Waals surface area contributed by atoms with Gasteiger partial charge in [0.05, 0.1) is 7.11 Å². The van der Waals surface area contributed by atoms with Gasteiger partial charge in [0.15, 0.2) is 0 Å². The number of rotatable bonds is 5. The van der Waals surface area contributed by atoms with Gasteiger partial charge >= 0.3 is 0 Å². The fraction of sp³-hybridized carbons (Fsp3) is 0.350. The van der Waals surface area contributed by atoms with Gasteiger partial charge in [0.25, 0.3) is 5.91 Å². The van der Waals surface area contributed by atoms with Crippen LogP contribution >= 0.6 is 0 Å². The molecule has 0 unspecified atom stereocenters. The standard InChI is InChI=1S/C20H22F2N2O2/c1-26-19-5-3-2-4-14(19)13-24-8-6-18(7-9-24)23-20(25)15-10-16(21)12-17(22)11-15/h2-5,10-12,18H,6-9,13H2,1H3,(H,23,25). The highest BCUT2D eigenvalue weighted by molar-refractivity contribution is 5.94. The zero-order valence-electron chi connectivity index (χ0n) is 14.7. The molecule has 138 valence electrons. The minimum Gasteiger partial charge on any atom is -0.496 e. The second kappa shape index (κ2) is 8.27. The molecule has 1 heterocycles. The third-order valence-electron chi connectivity index (χ3n) is 4.63. The fourth-order valence-corrected chi connectivity index (χ4v) is 3.26. The molecule has 6 heteroatoms. The monoisotopic (exact) mass is 360 g/mol. The fourth-order valence-electron chi connectivity index (χ4n) is 3.26. The highest BCUT2D eigenvalue weighted by atomic mass is 19.1. The number of carbonyl (C=O) groups excluding carboxylic acids is 1. The number of halogens is 2. The predicted molar refractivity (Wildman–Crippen MR) is 95.1 cm³/mol. The second-order valence-electron chi connectivity index (χ2n) is 6.49. The van der Waals surface area contributed by atoms with E-state index in [1.54, 1.807) is 7.11 Å². The molecule has 26 heavy (non-hydrogen) atoms. The van der Waals surface area contributed by atoms with Gasteiger partial charge in [-0.25, -0.2) is 8.78 Å². The van der Waals surface area contributed by atoms with E-state index in [1.165, 1.54) is 0 Å². The third kappa shape index (κ3) is 4.58. The lowest BCUT2D eigenvalue weighted by Crippen LogP contribution is -2.44. The van der Waals surface area contributed by atoms with Gasteiger partial charge in [0.2, 0.25) is 0 Å². The van der Waals surface area contributed by atoms with Gasteiger partial charge in [-0.15, -0.1) is 0 Å². The molecule has 1 aliphatic heterocycles. The number of amides is 1. The minimum atomic E-state index is -0.748. The van der Waals surface area contributed by atoms with Crippen LogP contribution < -0.4 is 10.1 Å². The van der Waals surface area contributed by atoms with Gasteiger partial charge < -0.3 is 10.1 Å². The highest BCUT2D eigenvalue weighted by Crippen LogP contribution is 2.21. The smallest absolute Gasteiger partial charge is 0.251 e. The van der Waals surface area contributed by atoms with E-state index in [4.69, 9.17) is 4.74 Å². The van der Waals surface area contributed by atoms with E-state index in [1.807, 2.05) is 24.3 Å². The van der Waals surface area contributed by atoms with Crippen LogP contribution in [-0.4, -0.2) is 37.0 Å². The van der Waals surface area contributed by atoms with Crippen molar-refractivity contribution in [2.75, 3.05) is 20.2 Å². The number of ether oxygens (including phenoxy) is 1. The third-order valence-corrected chi connectivity index (χ3v) is 4.63. The van der Waals surface area contributed by atoms with Crippen molar-refractivity contribution in [3.05, 3.63) is 65.2 Å². The molecule has 0 radical (unpaired) electrons. The van der Waals surface area contributed by atoms with Crippen LogP contribution in [0.2, 0.25) is 0 Å². The Morgan fingerprint density at radius 1 is 1.15 bits per heavy atom. The number of carbonyl (C=O) groups is 1. The maximum absolute atomic E-state index is 13.3. The molecule has 1 aliphatic rings. The molecule has 2 aromatic carbocycles. The molecule has 4 nitrogen and oxygen atoms in total. The maximum Gasteiger partial charge on any atom is 0.251 e. The van der Waals surface area contributed by atoms with E-state index in [0.717, 1.165) is 62.0 Å². The van der Waals surface area contributed by atoms with E-state index < -0.39 is 17.5 Å². The number of hydrogen-bond donors (Lipinski definition) is 1. The van der Waals surface area contributed by atoms with Gasteiger partial charge in [-0.3, -0.25) is 9.69 Å². The van der Waals surface area contributed by atoms with E-state index >= 15 is 0 Å². The van der Waals surface area contributed by atoms with E-state index in [2.05, 4.69) is 10.2 Å². The summed E-state index contributed by atoms with van der Waals surface area (Å²) in [6, 6.07) is 10.8. The lowest BCUT2D eigenvalue weighted by atomic mass is 10.0. The number of methoxy groups -OCH3 is 1. The van der Waals surface area contributed by atoms with E-state index in [0.29, 0.717) is 0 Å². The van der Waals surface area contributed by atoms with Crippen molar-refractivity contribution in [3.8, 4) is 5.75 Å². The van der Waals surface area contributed by atoms with E-state index in [-0.39, 0.29) is 11.6 Å². The molecule has 1 amide bonds. The summed E-state index contributed by atoms with van der Waals surface area (Å²) in [5.74, 6) is -1.06. The molecule has 3 rings (SSSR count). The second-order valence-corrected chi connectivity index (χ2v) is 6.49. The summed E-state index contributed by atoms with van der Waals surface area (Å²) in [4.78, 5) is 14.5. The van der Waals surface area contributed by atoms with Crippen LogP contribution in [0, 0.1) is 11.6 Å². The van der Waals surface area contributed by atoms with Crippen molar-refractivity contribution in [3.63, 3.8) is 0 Å². The van der Waals surface area contributed by atoms with Crippen LogP contribution in [0.4, 0.5) is 8.78 Å². The first kappa shape index (κ1) is 18.3. The lowest BCUT2D eigenvalue weighted by Gasteiger charge is -2.32. The first-order valence-electron chi connectivity index (χ1n) is 8.66. The van der Waals surface area contributed by atoms with Crippen molar-refractivity contribution in [1.29, 1.82) is 0 Å². The summed E-state index contributed by atoms with van der Waals surface area (Å²) < 4.78 is 31.9. The molecule has 1 fully saturated rings. The average molecular weight is 360 g/mol. The molecule has 1 saturated heterocycles. The summed E-state index contributed by atoms with van der Waals surface area (Å²) >= 11 is 0. The summed E-state index contributed by atoms with van der Waals surface area (Å²) in [6.45, 7) is 2.46. The van der Waals surface area contributed by atoms with Crippen molar-refractivity contribution in [2.45, 2.75) is 25.4 Å². The Hall–Kier alpha value is -2.47. The van der Waals surface area contributed by atoms with Crippen LogP contribution in [0.25, 0.3) is 0 Å². The number of benzene rings is 2. The summed E-state index contributed by atoms with van der Waals surface area (Å²) in [5.41, 5.74) is 1.15. The number of nitrogens with one attached hydrogen (secondary N) is 1. The first-order chi connectivity index (χ1) is 12.5. The van der Waals surface area contributed by atoms with Crippen LogP contribution in [0.3, 0.4) is 0 Å². The zero-order valence-corrected chi connectivity index (χ0v) is 14.7. The number of likely N-dealkylation sites (tertiary alicyclic amines) is 1. The quantitative estimate of drug-likeness (QED) is 0.889. The average Bonchev–Trinajstić information content (AvgIpc) is 2.63. The first-order valence-corrected chi connectivity index (χ1v) is 8.66. The molecular weight excluding hydrogens is 338 g/mol. The normalized spacial score (nSPS) is 15.7. The number of para-hydroxylation sites is 1. The van der Waals surface area contributed by atoms with Crippen molar-refractivity contribution < 1.29 is 18.3 Å². The number of piperidine rings is 1. The van der Waals surface area contributed by atoms with Crippen LogP contribution in [0.5, 0.6) is 5.75 Å².